The minimum absolute atomic E-state index is 0.680. The highest BCUT2D eigenvalue weighted by Crippen LogP contribution is 2.59. The number of benzene rings is 4. The summed E-state index contributed by atoms with van der Waals surface area (Å²) in [6.45, 7) is 26.9. The lowest BCUT2D eigenvalue weighted by molar-refractivity contribution is 1.44. The Bertz CT molecular complexity index is 6020. The number of hydrogen-bond donors (Lipinski definition) is 0. The Morgan fingerprint density at radius 2 is 0.604 bits per heavy atom. The Morgan fingerprint density at radius 1 is 0.250 bits per heavy atom. The summed E-state index contributed by atoms with van der Waals surface area (Å²) in [6.07, 6.45) is 0. The van der Waals surface area contributed by atoms with Crippen molar-refractivity contribution in [2.45, 2.75) is 83.1 Å². The lowest BCUT2D eigenvalue weighted by Crippen LogP contribution is -1.84. The monoisotopic (exact) mass is 1540 g/mol. The fourth-order valence-electron chi connectivity index (χ4n) is 13.3. The van der Waals surface area contributed by atoms with Crippen molar-refractivity contribution in [2.75, 3.05) is 0 Å². The van der Waals surface area contributed by atoms with Crippen LogP contribution in [0.5, 0.6) is 0 Å². The van der Waals surface area contributed by atoms with E-state index < -0.39 is 0 Å². The first-order valence-electron chi connectivity index (χ1n) is 30.9. The smallest absolute Gasteiger partial charge is 0.115 e. The Balaban J connectivity index is 0.744. The zero-order valence-corrected chi connectivity index (χ0v) is 66.4. The van der Waals surface area contributed by atoms with Crippen LogP contribution in [-0.4, -0.2) is 17.5 Å². The van der Waals surface area contributed by atoms with Crippen LogP contribution in [0.25, 0.3) is 175 Å². The van der Waals surface area contributed by atoms with Gasteiger partial charge in [0, 0.05) is 182 Å². The van der Waals surface area contributed by atoms with Crippen LogP contribution in [0.1, 0.15) is 62.6 Å². The minimum atomic E-state index is 0.680. The van der Waals surface area contributed by atoms with Crippen LogP contribution in [0.3, 0.4) is 0 Å². The predicted molar refractivity (Wildman–Crippen MR) is 440 cm³/mol. The summed E-state index contributed by atoms with van der Waals surface area (Å²) >= 11 is 40.0. The van der Waals surface area contributed by atoms with E-state index in [1.807, 2.05) is 113 Å². The van der Waals surface area contributed by atoms with E-state index in [1.54, 1.807) is 22.7 Å². The van der Waals surface area contributed by atoms with Gasteiger partial charge in [0.2, 0.25) is 0 Å². The number of fused-ring (bicyclic) bond motifs is 6. The van der Waals surface area contributed by atoms with Crippen LogP contribution in [-0.2, 0) is 0 Å². The van der Waals surface area contributed by atoms with Gasteiger partial charge < -0.3 is 0 Å². The van der Waals surface area contributed by atoms with Crippen molar-refractivity contribution in [3.05, 3.63) is 170 Å². The number of halogens is 2. The third-order valence-electron chi connectivity index (χ3n) is 18.6. The van der Waals surface area contributed by atoms with Crippen molar-refractivity contribution in [2.24, 2.45) is 0 Å². The van der Waals surface area contributed by atoms with E-state index in [0.717, 1.165) is 63.8 Å². The van der Waals surface area contributed by atoms with Crippen LogP contribution in [0.2, 0.25) is 10.0 Å². The summed E-state index contributed by atoms with van der Waals surface area (Å²) in [5, 5.41) is 6.65. The van der Waals surface area contributed by atoms with Crippen molar-refractivity contribution in [3.8, 4) is 113 Å². The Hall–Kier alpha value is -5.46. The highest BCUT2D eigenvalue weighted by molar-refractivity contribution is 7.31. The second-order valence-electron chi connectivity index (χ2n) is 24.9. The van der Waals surface area contributed by atoms with Crippen LogP contribution >= 0.6 is 183 Å². The predicted octanol–water partition coefficient (Wildman–Crippen LogP) is 30.4. The van der Waals surface area contributed by atoms with Gasteiger partial charge in [-0.05, 0) is 214 Å². The van der Waals surface area contributed by atoms with E-state index in [9.17, 15) is 0 Å². The van der Waals surface area contributed by atoms with E-state index in [1.165, 1.54) is 197 Å². The van der Waals surface area contributed by atoms with E-state index >= 15 is 0 Å². The maximum absolute atomic E-state index is 7.66. The molecule has 0 amide bonds. The van der Waals surface area contributed by atoms with Crippen molar-refractivity contribution < 1.29 is 0 Å². The molecule has 0 spiro atoms. The molecule has 0 fully saturated rings. The molecular formula is C76H52Cl2N4S14. The summed E-state index contributed by atoms with van der Waals surface area (Å²) < 4.78 is 25.2. The largest absolute Gasteiger partial charge is 0.172 e. The second kappa shape index (κ2) is 23.6. The number of aryl methyl sites for hydroxylation is 12. The van der Waals surface area contributed by atoms with Crippen LogP contribution in [0.15, 0.2) is 97.1 Å². The normalized spacial score (nSPS) is 12.3. The van der Waals surface area contributed by atoms with E-state index in [4.69, 9.17) is 40.7 Å². The third-order valence-corrected chi connectivity index (χ3v) is 34.6. The van der Waals surface area contributed by atoms with Gasteiger partial charge in [-0.3, -0.25) is 0 Å². The van der Waals surface area contributed by atoms with Crippen molar-refractivity contribution in [1.29, 1.82) is 0 Å². The molecule has 18 aromatic rings. The van der Waals surface area contributed by atoms with Gasteiger partial charge in [-0.2, -0.15) is 17.5 Å². The van der Waals surface area contributed by atoms with Gasteiger partial charge in [-0.15, -0.1) is 136 Å². The molecule has 0 bridgehead atoms. The highest BCUT2D eigenvalue weighted by atomic mass is 35.5. The molecule has 96 heavy (non-hydrogen) atoms. The van der Waals surface area contributed by atoms with Gasteiger partial charge in [0.05, 0.1) is 33.5 Å². The van der Waals surface area contributed by atoms with Gasteiger partial charge in [0.25, 0.3) is 0 Å². The summed E-state index contributed by atoms with van der Waals surface area (Å²) in [5.74, 6) is 0. The molecule has 0 saturated heterocycles. The topological polar surface area (TPSA) is 51.6 Å². The van der Waals surface area contributed by atoms with Crippen LogP contribution < -0.4 is 0 Å². The molecule has 14 aromatic heterocycles. The first-order chi connectivity index (χ1) is 46.3. The number of aromatic nitrogens is 4. The molecule has 0 N–H and O–H groups in total. The first kappa shape index (κ1) is 62.8. The first-order valence-corrected chi connectivity index (χ1v) is 42.9. The highest BCUT2D eigenvalue weighted by Gasteiger charge is 2.30. The quantitative estimate of drug-likeness (QED) is 0.129. The molecule has 0 atom stereocenters. The lowest BCUT2D eigenvalue weighted by atomic mass is 9.98. The van der Waals surface area contributed by atoms with Gasteiger partial charge in [0.1, 0.15) is 22.1 Å². The molecule has 0 unspecified atom stereocenters. The van der Waals surface area contributed by atoms with Crippen LogP contribution in [0.4, 0.5) is 0 Å². The van der Waals surface area contributed by atoms with E-state index in [2.05, 4.69) is 180 Å². The van der Waals surface area contributed by atoms with E-state index in [0.29, 0.717) is 10.0 Å². The molecule has 0 saturated carbocycles. The standard InChI is InChI=1S/C76H52Cl2N4S14/c1-29-17-55(85-37(29)9)61-43-23-36(8)84-73(43)62(56-18-30(2)38(10)86-56)44-26-54(92-74(44)61)49-15-16-51(89-49)66-48(78)25-42(68-70(66)82-96-80-68)53-22-34(6)72(91-53)60-28-46-64(58-20-32(4)40(12)88-58)75-45(63(76(46)94-60)57-19-31(3)39(11)87-57)27-59(93-75)71-33(5)21-52(90-71)41-24-47(77)65(50-14-13-35(7)83-50)69-67(41)79-95-81-69/h13-28H,1-12H3. The Labute approximate surface area is 621 Å². The molecule has 20 heteroatoms. The zero-order chi connectivity index (χ0) is 65.8. The lowest BCUT2D eigenvalue weighted by Gasteiger charge is -2.09. The average molecular weight is 1540 g/mol. The van der Waals surface area contributed by atoms with Crippen molar-refractivity contribution in [1.82, 2.24) is 17.5 Å². The van der Waals surface area contributed by atoms with Gasteiger partial charge in [-0.1, -0.05) is 23.2 Å². The molecule has 0 aliphatic carbocycles. The average Bonchev–Trinajstić information content (AvgIpc) is 1.55. The summed E-state index contributed by atoms with van der Waals surface area (Å²) in [5.41, 5.74) is 20.6. The number of rotatable bonds is 11. The molecular weight excluding hydrogens is 1490 g/mol. The van der Waals surface area contributed by atoms with E-state index in [-0.39, 0.29) is 0 Å². The molecule has 0 radical (unpaired) electrons. The fraction of sp³-hybridized carbons (Fsp3) is 0.158. The fourth-order valence-corrected chi connectivity index (χ4v) is 29.4. The molecule has 0 aliphatic rings. The molecule has 18 rings (SSSR count). The number of thiophene rings is 12. The van der Waals surface area contributed by atoms with Crippen molar-refractivity contribution >= 4 is 245 Å². The molecule has 0 aliphatic heterocycles. The third kappa shape index (κ3) is 10.00. The Kier molecular flexibility index (Phi) is 15.4. The van der Waals surface area contributed by atoms with Gasteiger partial charge in [-0.25, -0.2) is 0 Å². The molecule has 4 nitrogen and oxygen atoms in total. The Morgan fingerprint density at radius 3 is 1.01 bits per heavy atom. The summed E-state index contributed by atoms with van der Waals surface area (Å²) in [4.78, 5) is 25.3. The van der Waals surface area contributed by atoms with Gasteiger partial charge >= 0.3 is 0 Å². The zero-order valence-electron chi connectivity index (χ0n) is 53.5. The number of hydrogen-bond acceptors (Lipinski definition) is 18. The second-order valence-corrected chi connectivity index (χ2v) is 40.6. The SMILES string of the molecule is Cc1ccc(-c2c(Cl)cc(-c3cc(C)c(-c4cc5c(-c6cc(C)c(C)s6)c6sc(-c7sc(-c8cc(Cl)c(-c9ccc(-c%10cc%11c(-c%12cc(C)c(C)s%12)c%12sc(C)cc%12c(-c%12cc(C)c(C)s%12)c%11s%10)s9)c9nsnc89)cc7C)cc6c(-c6cc(C)c(C)s6)c5s4)s3)c3nsnc23)s1. The maximum atomic E-state index is 7.66. The minimum Gasteiger partial charge on any atom is -0.172 e. The molecule has 474 valence electrons. The summed E-state index contributed by atoms with van der Waals surface area (Å²) in [7, 11) is 0. The maximum Gasteiger partial charge on any atom is 0.115 e. The van der Waals surface area contributed by atoms with Crippen molar-refractivity contribution in [3.63, 3.8) is 0 Å². The number of nitrogens with zero attached hydrogens (tertiary/aromatic N) is 4. The molecule has 14 heterocycles. The van der Waals surface area contributed by atoms with Crippen LogP contribution in [0, 0.1) is 83.1 Å². The van der Waals surface area contributed by atoms with Gasteiger partial charge in [0.15, 0.2) is 0 Å². The summed E-state index contributed by atoms with van der Waals surface area (Å²) in [6, 6.07) is 37.3. The molecule has 4 aromatic carbocycles.